The maximum absolute atomic E-state index is 10.8. The van der Waals surface area contributed by atoms with E-state index in [9.17, 15) is 5.11 Å². The van der Waals surface area contributed by atoms with Crippen LogP contribution in [-0.2, 0) is 66.3 Å². The van der Waals surface area contributed by atoms with Crippen LogP contribution in [0, 0.1) is 0 Å². The summed E-state index contributed by atoms with van der Waals surface area (Å²) in [6.07, 6.45) is -3.76. The second-order valence-corrected chi connectivity index (χ2v) is 11.3. The van der Waals surface area contributed by atoms with Gasteiger partial charge in [-0.2, -0.15) is 0 Å². The smallest absolute Gasteiger partial charge is 0.155 e. The molecule has 0 aromatic carbocycles. The summed E-state index contributed by atoms with van der Waals surface area (Å²) in [6, 6.07) is 0. The van der Waals surface area contributed by atoms with Gasteiger partial charge in [0.1, 0.15) is 42.7 Å². The van der Waals surface area contributed by atoms with Crippen molar-refractivity contribution >= 4 is 0 Å². The molecule has 0 saturated carbocycles. The second kappa shape index (κ2) is 19.9. The second-order valence-electron chi connectivity index (χ2n) is 11.3. The lowest BCUT2D eigenvalue weighted by molar-refractivity contribution is -0.236. The van der Waals surface area contributed by atoms with Crippen molar-refractivity contribution in [3.05, 3.63) is 0 Å². The van der Waals surface area contributed by atoms with E-state index in [1.165, 1.54) is 0 Å². The molecule has 0 aromatic rings. The van der Waals surface area contributed by atoms with Gasteiger partial charge in [-0.05, 0) is 27.7 Å². The van der Waals surface area contributed by atoms with Crippen LogP contribution in [0.4, 0.5) is 0 Å². The third-order valence-electron chi connectivity index (χ3n) is 7.25. The summed E-state index contributed by atoms with van der Waals surface area (Å²) in [7, 11) is 0. The van der Waals surface area contributed by atoms with Gasteiger partial charge in [-0.1, -0.05) is 0 Å². The Bertz CT molecular complexity index is 620. The van der Waals surface area contributed by atoms with E-state index in [4.69, 9.17) is 66.3 Å². The highest BCUT2D eigenvalue weighted by molar-refractivity contribution is 4.70. The molecule has 4 aliphatic heterocycles. The van der Waals surface area contributed by atoms with Crippen LogP contribution in [0.5, 0.6) is 0 Å². The molecule has 0 spiro atoms. The quantitative estimate of drug-likeness (QED) is 0.218. The Hall–Kier alpha value is -0.600. The highest BCUT2D eigenvalue weighted by atomic mass is 16.7. The Morgan fingerprint density at radius 1 is 0.432 bits per heavy atom. The third-order valence-corrected chi connectivity index (χ3v) is 7.25. The van der Waals surface area contributed by atoms with Crippen molar-refractivity contribution in [1.29, 1.82) is 0 Å². The molecule has 0 aromatic heterocycles. The lowest BCUT2D eigenvalue weighted by Crippen LogP contribution is -2.42. The highest BCUT2D eigenvalue weighted by Crippen LogP contribution is 2.14. The van der Waals surface area contributed by atoms with Gasteiger partial charge in [0.15, 0.2) is 25.2 Å². The van der Waals surface area contributed by atoms with E-state index < -0.39 is 18.3 Å². The summed E-state index contributed by atoms with van der Waals surface area (Å²) in [5, 5.41) is 10.8. The minimum Gasteiger partial charge on any atom is -0.388 e. The fraction of sp³-hybridized carbons (Fsp3) is 1.00. The lowest BCUT2D eigenvalue weighted by atomic mass is 10.3. The first kappa shape index (κ1) is 36.2. The van der Waals surface area contributed by atoms with Crippen molar-refractivity contribution in [3.63, 3.8) is 0 Å². The van der Waals surface area contributed by atoms with Gasteiger partial charge in [-0.3, -0.25) is 0 Å². The van der Waals surface area contributed by atoms with Crippen molar-refractivity contribution in [2.75, 3.05) is 92.5 Å². The Labute approximate surface area is 259 Å². The Balaban J connectivity index is 1.21. The molecule has 0 aliphatic carbocycles. The fourth-order valence-electron chi connectivity index (χ4n) is 4.52. The van der Waals surface area contributed by atoms with Crippen LogP contribution in [0.2, 0.25) is 0 Å². The van der Waals surface area contributed by atoms with Gasteiger partial charge in [-0.15, -0.1) is 0 Å². The van der Waals surface area contributed by atoms with Crippen molar-refractivity contribution in [1.82, 2.24) is 0 Å². The van der Waals surface area contributed by atoms with Gasteiger partial charge >= 0.3 is 0 Å². The Kier molecular flexibility index (Phi) is 16.4. The third kappa shape index (κ3) is 14.0. The summed E-state index contributed by atoms with van der Waals surface area (Å²) in [5.41, 5.74) is 0. The molecule has 1 N–H and O–H groups in total. The van der Waals surface area contributed by atoms with E-state index >= 15 is 0 Å². The van der Waals surface area contributed by atoms with E-state index in [1.54, 1.807) is 0 Å². The molecular weight excluding hydrogens is 588 g/mol. The molecule has 4 aliphatic rings. The summed E-state index contributed by atoms with van der Waals surface area (Å²) in [4.78, 5) is 0. The van der Waals surface area contributed by atoms with E-state index in [1.807, 2.05) is 27.7 Å². The molecule has 0 atom stereocenters. The standard InChI is InChI=1S/C29H52O15/c1-19-31-7-24(8-32-19)41-15-28(16-42-25-9-33-20(2)34-10-25)39-5-23(30)6-40-29(17-43-26-11-35-21(3)36-12-26)18-44-27-13-37-22(4)38-14-27/h19-30H,5-18H2,1-4H3. The van der Waals surface area contributed by atoms with Gasteiger partial charge in [0.25, 0.3) is 0 Å². The van der Waals surface area contributed by atoms with Gasteiger partial charge in [0.05, 0.1) is 92.5 Å². The monoisotopic (exact) mass is 640 g/mol. The average molecular weight is 641 g/mol. The van der Waals surface area contributed by atoms with E-state index in [0.717, 1.165) is 0 Å². The van der Waals surface area contributed by atoms with Crippen LogP contribution in [0.25, 0.3) is 0 Å². The molecule has 258 valence electrons. The molecule has 0 unspecified atom stereocenters. The summed E-state index contributed by atoms with van der Waals surface area (Å²) < 4.78 is 80.0. The fourth-order valence-corrected chi connectivity index (χ4v) is 4.52. The van der Waals surface area contributed by atoms with Crippen molar-refractivity contribution < 1.29 is 71.4 Å². The zero-order chi connectivity index (χ0) is 31.1. The van der Waals surface area contributed by atoms with Crippen LogP contribution in [0.1, 0.15) is 27.7 Å². The van der Waals surface area contributed by atoms with Crippen LogP contribution in [-0.4, -0.2) is 165 Å². The largest absolute Gasteiger partial charge is 0.388 e. The first-order valence-corrected chi connectivity index (χ1v) is 15.6. The number of rotatable bonds is 18. The molecule has 15 heteroatoms. The molecule has 4 fully saturated rings. The van der Waals surface area contributed by atoms with Crippen LogP contribution >= 0.6 is 0 Å². The molecule has 4 saturated heterocycles. The Morgan fingerprint density at radius 2 is 0.659 bits per heavy atom. The predicted molar refractivity (Wildman–Crippen MR) is 150 cm³/mol. The molecule has 4 rings (SSSR count). The zero-order valence-electron chi connectivity index (χ0n) is 26.4. The van der Waals surface area contributed by atoms with Gasteiger partial charge in [0.2, 0.25) is 0 Å². The van der Waals surface area contributed by atoms with E-state index in [0.29, 0.717) is 52.9 Å². The van der Waals surface area contributed by atoms with Crippen LogP contribution < -0.4 is 0 Å². The number of aliphatic hydroxyl groups is 1. The number of aliphatic hydroxyl groups excluding tert-OH is 1. The minimum atomic E-state index is -0.922. The predicted octanol–water partition coefficient (Wildman–Crippen LogP) is 0.230. The lowest BCUT2D eigenvalue weighted by Gasteiger charge is -2.31. The number of hydrogen-bond acceptors (Lipinski definition) is 15. The van der Waals surface area contributed by atoms with Crippen LogP contribution in [0.3, 0.4) is 0 Å². The zero-order valence-corrected chi connectivity index (χ0v) is 26.4. The SMILES string of the molecule is CC1OCC(OCC(COC2COC(C)OC2)OCC(O)COC(COC2COC(C)OC2)COC2COC(C)OC2)CO1. The first-order valence-electron chi connectivity index (χ1n) is 15.6. The van der Waals surface area contributed by atoms with Crippen molar-refractivity contribution in [2.45, 2.75) is 95.6 Å². The normalized spacial score (nSPS) is 35.7. The van der Waals surface area contributed by atoms with Gasteiger partial charge < -0.3 is 71.4 Å². The van der Waals surface area contributed by atoms with Crippen molar-refractivity contribution in [2.24, 2.45) is 0 Å². The molecule has 44 heavy (non-hydrogen) atoms. The molecule has 0 bridgehead atoms. The molecular formula is C29H52O15. The summed E-state index contributed by atoms with van der Waals surface area (Å²) >= 11 is 0. The van der Waals surface area contributed by atoms with E-state index in [-0.39, 0.29) is 89.2 Å². The van der Waals surface area contributed by atoms with Crippen LogP contribution in [0.15, 0.2) is 0 Å². The molecule has 0 radical (unpaired) electrons. The number of hydrogen-bond donors (Lipinski definition) is 1. The average Bonchev–Trinajstić information content (AvgIpc) is 3.03. The van der Waals surface area contributed by atoms with Gasteiger partial charge in [0, 0.05) is 0 Å². The Morgan fingerprint density at radius 3 is 0.886 bits per heavy atom. The van der Waals surface area contributed by atoms with E-state index in [2.05, 4.69) is 0 Å². The maximum Gasteiger partial charge on any atom is 0.155 e. The first-order chi connectivity index (χ1) is 21.3. The van der Waals surface area contributed by atoms with Gasteiger partial charge in [-0.25, -0.2) is 0 Å². The maximum atomic E-state index is 10.8. The molecule has 15 nitrogen and oxygen atoms in total. The molecule has 0 amide bonds. The van der Waals surface area contributed by atoms with Crippen molar-refractivity contribution in [3.8, 4) is 0 Å². The highest BCUT2D eigenvalue weighted by Gasteiger charge is 2.27. The molecule has 4 heterocycles. The topological polar surface area (TPSA) is 149 Å². The minimum absolute atomic E-state index is 0.000388. The summed E-state index contributed by atoms with van der Waals surface area (Å²) in [5.74, 6) is 0. The number of ether oxygens (including phenoxy) is 14. The summed E-state index contributed by atoms with van der Waals surface area (Å²) in [6.45, 7) is 11.7.